The van der Waals surface area contributed by atoms with Gasteiger partial charge in [0.1, 0.15) is 12.4 Å². The van der Waals surface area contributed by atoms with E-state index in [1.807, 2.05) is 13.0 Å². The van der Waals surface area contributed by atoms with Crippen LogP contribution in [0.5, 0.6) is 5.75 Å². The van der Waals surface area contributed by atoms with Crippen molar-refractivity contribution in [3.63, 3.8) is 0 Å². The van der Waals surface area contributed by atoms with Crippen LogP contribution in [0.15, 0.2) is 42.5 Å². The molecule has 0 unspecified atom stereocenters. The van der Waals surface area contributed by atoms with Crippen molar-refractivity contribution in [2.24, 2.45) is 0 Å². The third kappa shape index (κ3) is 5.34. The molecule has 0 saturated carbocycles. The van der Waals surface area contributed by atoms with Crippen molar-refractivity contribution in [2.75, 3.05) is 25.5 Å². The van der Waals surface area contributed by atoms with Crippen molar-refractivity contribution >= 4 is 34.9 Å². The molecular weight excluding hydrogens is 335 g/mol. The maximum Gasteiger partial charge on any atom is 0.321 e. The van der Waals surface area contributed by atoms with Crippen molar-refractivity contribution < 1.29 is 9.53 Å². The van der Waals surface area contributed by atoms with Crippen molar-refractivity contribution in [2.45, 2.75) is 6.92 Å². The minimum Gasteiger partial charge on any atom is -0.492 e. The molecular formula is C17H18Cl2N2O2. The maximum atomic E-state index is 12.1. The van der Waals surface area contributed by atoms with Crippen LogP contribution >= 0.6 is 23.2 Å². The van der Waals surface area contributed by atoms with Crippen molar-refractivity contribution in [3.05, 3.63) is 58.1 Å². The summed E-state index contributed by atoms with van der Waals surface area (Å²) >= 11 is 11.9. The number of likely N-dealkylation sites (N-methyl/N-ethyl adjacent to an activating group) is 1. The number of urea groups is 1. The highest BCUT2D eigenvalue weighted by atomic mass is 35.5. The molecule has 0 bridgehead atoms. The molecule has 0 spiro atoms. The average Bonchev–Trinajstić information content (AvgIpc) is 2.51. The standard InChI is InChI=1S/C17H18Cl2N2O2/c1-12-3-8-16(15(19)11-12)20-17(22)21(2)9-10-23-14-6-4-13(18)5-7-14/h3-8,11H,9-10H2,1-2H3,(H,20,22). The summed E-state index contributed by atoms with van der Waals surface area (Å²) in [6, 6.07) is 12.3. The Balaban J connectivity index is 1.81. The zero-order chi connectivity index (χ0) is 16.8. The third-order valence-corrected chi connectivity index (χ3v) is 3.79. The molecule has 4 nitrogen and oxygen atoms in total. The van der Waals surface area contributed by atoms with Gasteiger partial charge in [-0.15, -0.1) is 0 Å². The van der Waals surface area contributed by atoms with Gasteiger partial charge in [-0.1, -0.05) is 29.3 Å². The van der Waals surface area contributed by atoms with Crippen LogP contribution in [0, 0.1) is 6.92 Å². The molecule has 0 atom stereocenters. The molecule has 0 aliphatic heterocycles. The van der Waals surface area contributed by atoms with Crippen LogP contribution in [-0.4, -0.2) is 31.1 Å². The summed E-state index contributed by atoms with van der Waals surface area (Å²) < 4.78 is 5.57. The van der Waals surface area contributed by atoms with E-state index in [0.29, 0.717) is 34.6 Å². The van der Waals surface area contributed by atoms with Gasteiger partial charge in [-0.2, -0.15) is 0 Å². The second-order valence-electron chi connectivity index (χ2n) is 5.14. The van der Waals surface area contributed by atoms with E-state index >= 15 is 0 Å². The molecule has 23 heavy (non-hydrogen) atoms. The average molecular weight is 353 g/mol. The first-order valence-electron chi connectivity index (χ1n) is 7.12. The lowest BCUT2D eigenvalue weighted by Gasteiger charge is -2.19. The van der Waals surface area contributed by atoms with Crippen LogP contribution in [0.4, 0.5) is 10.5 Å². The van der Waals surface area contributed by atoms with Gasteiger partial charge in [0.25, 0.3) is 0 Å². The summed E-state index contributed by atoms with van der Waals surface area (Å²) in [7, 11) is 1.70. The molecule has 0 aliphatic carbocycles. The molecule has 0 radical (unpaired) electrons. The fourth-order valence-electron chi connectivity index (χ4n) is 1.86. The van der Waals surface area contributed by atoms with Gasteiger partial charge in [-0.3, -0.25) is 0 Å². The Hall–Kier alpha value is -1.91. The number of amides is 2. The molecule has 0 aromatic heterocycles. The van der Waals surface area contributed by atoms with Gasteiger partial charge in [0.2, 0.25) is 0 Å². The minimum atomic E-state index is -0.240. The summed E-state index contributed by atoms with van der Waals surface area (Å²) in [5.41, 5.74) is 1.63. The molecule has 0 aliphatic rings. The topological polar surface area (TPSA) is 41.6 Å². The van der Waals surface area contributed by atoms with Gasteiger partial charge in [-0.25, -0.2) is 4.79 Å². The van der Waals surface area contributed by atoms with E-state index < -0.39 is 0 Å². The van der Waals surface area contributed by atoms with Crippen molar-refractivity contribution in [3.8, 4) is 5.75 Å². The number of carbonyl (C=O) groups is 1. The van der Waals surface area contributed by atoms with Crippen LogP contribution < -0.4 is 10.1 Å². The van der Waals surface area contributed by atoms with Gasteiger partial charge < -0.3 is 15.0 Å². The minimum absolute atomic E-state index is 0.240. The lowest BCUT2D eigenvalue weighted by Crippen LogP contribution is -2.34. The molecule has 122 valence electrons. The zero-order valence-corrected chi connectivity index (χ0v) is 14.5. The van der Waals surface area contributed by atoms with E-state index in [0.717, 1.165) is 5.56 Å². The second-order valence-corrected chi connectivity index (χ2v) is 5.98. The van der Waals surface area contributed by atoms with Crippen LogP contribution in [0.1, 0.15) is 5.56 Å². The fraction of sp³-hybridized carbons (Fsp3) is 0.235. The summed E-state index contributed by atoms with van der Waals surface area (Å²) in [5, 5.41) is 3.95. The Morgan fingerprint density at radius 1 is 1.17 bits per heavy atom. The monoisotopic (exact) mass is 352 g/mol. The van der Waals surface area contributed by atoms with Crippen molar-refractivity contribution in [1.82, 2.24) is 4.90 Å². The molecule has 2 aromatic carbocycles. The van der Waals surface area contributed by atoms with E-state index in [4.69, 9.17) is 27.9 Å². The number of hydrogen-bond donors (Lipinski definition) is 1. The number of nitrogens with zero attached hydrogens (tertiary/aromatic N) is 1. The van der Waals surface area contributed by atoms with Gasteiger partial charge in [0.05, 0.1) is 17.3 Å². The first kappa shape index (κ1) is 17.4. The second kappa shape index (κ2) is 8.09. The van der Waals surface area contributed by atoms with E-state index in [2.05, 4.69) is 5.32 Å². The number of rotatable bonds is 5. The van der Waals surface area contributed by atoms with Gasteiger partial charge in [0.15, 0.2) is 0 Å². The Bertz CT molecular complexity index is 675. The first-order chi connectivity index (χ1) is 11.0. The number of benzene rings is 2. The Kier molecular flexibility index (Phi) is 6.13. The van der Waals surface area contributed by atoms with Gasteiger partial charge >= 0.3 is 6.03 Å². The summed E-state index contributed by atoms with van der Waals surface area (Å²) in [6.07, 6.45) is 0. The Morgan fingerprint density at radius 3 is 2.52 bits per heavy atom. The predicted molar refractivity (Wildman–Crippen MR) is 94.8 cm³/mol. The number of aryl methyl sites for hydroxylation is 1. The Labute approximate surface area is 146 Å². The number of carbonyl (C=O) groups excluding carboxylic acids is 1. The van der Waals surface area contributed by atoms with E-state index in [-0.39, 0.29) is 6.03 Å². The SMILES string of the molecule is Cc1ccc(NC(=O)N(C)CCOc2ccc(Cl)cc2)c(Cl)c1. The van der Waals surface area contributed by atoms with Gasteiger partial charge in [-0.05, 0) is 48.9 Å². The molecule has 0 saturated heterocycles. The lowest BCUT2D eigenvalue weighted by molar-refractivity contribution is 0.207. The highest BCUT2D eigenvalue weighted by Gasteiger charge is 2.10. The molecule has 2 rings (SSSR count). The van der Waals surface area contributed by atoms with Crippen LogP contribution in [0.25, 0.3) is 0 Å². The van der Waals surface area contributed by atoms with E-state index in [9.17, 15) is 4.79 Å². The quantitative estimate of drug-likeness (QED) is 0.835. The fourth-order valence-corrected chi connectivity index (χ4v) is 2.27. The number of anilines is 1. The predicted octanol–water partition coefficient (Wildman–Crippen LogP) is 4.84. The number of nitrogens with one attached hydrogen (secondary N) is 1. The molecule has 6 heteroatoms. The summed E-state index contributed by atoms with van der Waals surface area (Å²) in [5.74, 6) is 0.713. The van der Waals surface area contributed by atoms with Crippen LogP contribution in [0.2, 0.25) is 10.0 Å². The van der Waals surface area contributed by atoms with E-state index in [1.54, 1.807) is 43.4 Å². The number of halogens is 2. The summed E-state index contributed by atoms with van der Waals surface area (Å²) in [6.45, 7) is 2.77. The number of ether oxygens (including phenoxy) is 1. The highest BCUT2D eigenvalue weighted by molar-refractivity contribution is 6.33. The van der Waals surface area contributed by atoms with E-state index in [1.165, 1.54) is 4.90 Å². The number of hydrogen-bond acceptors (Lipinski definition) is 2. The normalized spacial score (nSPS) is 10.3. The molecule has 0 heterocycles. The molecule has 2 amide bonds. The molecule has 0 fully saturated rings. The summed E-state index contributed by atoms with van der Waals surface area (Å²) in [4.78, 5) is 13.7. The Morgan fingerprint density at radius 2 is 1.87 bits per heavy atom. The first-order valence-corrected chi connectivity index (χ1v) is 7.88. The lowest BCUT2D eigenvalue weighted by atomic mass is 10.2. The van der Waals surface area contributed by atoms with Crippen LogP contribution in [0.3, 0.4) is 0 Å². The van der Waals surface area contributed by atoms with Crippen LogP contribution in [-0.2, 0) is 0 Å². The molecule has 2 aromatic rings. The zero-order valence-electron chi connectivity index (χ0n) is 13.0. The third-order valence-electron chi connectivity index (χ3n) is 3.22. The molecule has 1 N–H and O–H groups in total. The van der Waals surface area contributed by atoms with Crippen molar-refractivity contribution in [1.29, 1.82) is 0 Å². The highest BCUT2D eigenvalue weighted by Crippen LogP contribution is 2.23. The smallest absolute Gasteiger partial charge is 0.321 e. The van der Waals surface area contributed by atoms with Gasteiger partial charge in [0, 0.05) is 12.1 Å². The maximum absolute atomic E-state index is 12.1. The largest absolute Gasteiger partial charge is 0.492 e.